The summed E-state index contributed by atoms with van der Waals surface area (Å²) in [6.07, 6.45) is 0. The van der Waals surface area contributed by atoms with Gasteiger partial charge in [0.15, 0.2) is 11.5 Å². The van der Waals surface area contributed by atoms with Crippen LogP contribution in [0.1, 0.15) is 10.5 Å². The molecule has 0 atom stereocenters. The maximum Gasteiger partial charge on any atom is 0.354 e. The number of nitrogens with one attached hydrogen (secondary N) is 1. The summed E-state index contributed by atoms with van der Waals surface area (Å²) >= 11 is 0. The minimum atomic E-state index is -1.09. The van der Waals surface area contributed by atoms with E-state index in [1.54, 1.807) is 0 Å². The van der Waals surface area contributed by atoms with E-state index in [9.17, 15) is 4.79 Å². The highest BCUT2D eigenvalue weighted by Gasteiger charge is 2.11. The highest BCUT2D eigenvalue weighted by Crippen LogP contribution is 2.28. The largest absolute Gasteiger partial charge is 0.477 e. The molecule has 0 aliphatic carbocycles. The predicted molar refractivity (Wildman–Crippen MR) is 79.7 cm³/mol. The Kier molecular flexibility index (Phi) is 3.74. The number of nitrogen functional groups attached to an aromatic ring is 1. The summed E-state index contributed by atoms with van der Waals surface area (Å²) in [5.41, 5.74) is 7.93. The Balaban J connectivity index is 2.40. The van der Waals surface area contributed by atoms with Crippen LogP contribution in [0, 0.1) is 0 Å². The number of rotatable bonds is 4. The Morgan fingerprint density at radius 2 is 1.95 bits per heavy atom. The van der Waals surface area contributed by atoms with Gasteiger partial charge in [0.05, 0.1) is 17.1 Å². The van der Waals surface area contributed by atoms with E-state index in [0.29, 0.717) is 11.5 Å². The molecular weight excluding hydrogens is 256 g/mol. The van der Waals surface area contributed by atoms with Gasteiger partial charge in [0.1, 0.15) is 0 Å². The number of hydrogen-bond acceptors (Lipinski definition) is 5. The van der Waals surface area contributed by atoms with Crippen molar-refractivity contribution in [3.63, 3.8) is 0 Å². The first-order valence-electron chi connectivity index (χ1n) is 6.02. The predicted octanol–water partition coefficient (Wildman–Crippen LogP) is 2.17. The molecule has 20 heavy (non-hydrogen) atoms. The zero-order chi connectivity index (χ0) is 14.7. The molecule has 0 saturated heterocycles. The quantitative estimate of drug-likeness (QED) is 0.790. The lowest BCUT2D eigenvalue weighted by molar-refractivity contribution is 0.0690. The van der Waals surface area contributed by atoms with Gasteiger partial charge in [-0.15, -0.1) is 0 Å². The maximum absolute atomic E-state index is 11.0. The third kappa shape index (κ3) is 2.80. The number of aromatic nitrogens is 1. The van der Waals surface area contributed by atoms with Gasteiger partial charge in [-0.2, -0.15) is 0 Å². The zero-order valence-electron chi connectivity index (χ0n) is 11.3. The number of nitrogens with two attached hydrogens (primary N) is 1. The van der Waals surface area contributed by atoms with Crippen molar-refractivity contribution in [2.75, 3.05) is 30.0 Å². The van der Waals surface area contributed by atoms with Crippen LogP contribution in [0.25, 0.3) is 0 Å². The summed E-state index contributed by atoms with van der Waals surface area (Å²) in [4.78, 5) is 16.9. The standard InChI is InChI=1S/C14H16N4O2/c1-18(2)12-6-4-3-5-10(12)16-13-9(15)7-8-11(17-13)14(19)20/h3-8H,15H2,1-2H3,(H,16,17)(H,19,20). The van der Waals surface area contributed by atoms with Gasteiger partial charge in [-0.1, -0.05) is 12.1 Å². The second kappa shape index (κ2) is 5.48. The van der Waals surface area contributed by atoms with Crippen LogP contribution in [0.4, 0.5) is 22.9 Å². The lowest BCUT2D eigenvalue weighted by Crippen LogP contribution is -2.12. The average molecular weight is 272 g/mol. The van der Waals surface area contributed by atoms with E-state index in [-0.39, 0.29) is 5.69 Å². The Morgan fingerprint density at radius 3 is 2.60 bits per heavy atom. The van der Waals surface area contributed by atoms with Crippen LogP contribution in [0.2, 0.25) is 0 Å². The van der Waals surface area contributed by atoms with E-state index < -0.39 is 5.97 Å². The van der Waals surface area contributed by atoms with Crippen molar-refractivity contribution >= 4 is 28.8 Å². The third-order valence-electron chi connectivity index (χ3n) is 2.78. The molecule has 1 aromatic heterocycles. The van der Waals surface area contributed by atoms with Crippen molar-refractivity contribution in [1.82, 2.24) is 4.98 Å². The summed E-state index contributed by atoms with van der Waals surface area (Å²) in [6, 6.07) is 10.5. The third-order valence-corrected chi connectivity index (χ3v) is 2.78. The fourth-order valence-corrected chi connectivity index (χ4v) is 1.79. The molecule has 0 radical (unpaired) electrons. The molecule has 1 heterocycles. The van der Waals surface area contributed by atoms with E-state index in [0.717, 1.165) is 11.4 Å². The number of nitrogens with zero attached hydrogens (tertiary/aromatic N) is 2. The summed E-state index contributed by atoms with van der Waals surface area (Å²) < 4.78 is 0. The molecule has 1 aromatic carbocycles. The minimum Gasteiger partial charge on any atom is -0.477 e. The average Bonchev–Trinajstić information content (AvgIpc) is 2.41. The van der Waals surface area contributed by atoms with Gasteiger partial charge in [0.2, 0.25) is 0 Å². The summed E-state index contributed by atoms with van der Waals surface area (Å²) in [5, 5.41) is 12.0. The first-order valence-corrected chi connectivity index (χ1v) is 6.02. The first-order chi connectivity index (χ1) is 9.49. The molecule has 0 saturated carbocycles. The van der Waals surface area contributed by atoms with Gasteiger partial charge in [-0.3, -0.25) is 0 Å². The maximum atomic E-state index is 11.0. The Bertz CT molecular complexity index is 641. The van der Waals surface area contributed by atoms with Crippen LogP contribution in [0.15, 0.2) is 36.4 Å². The first kappa shape index (κ1) is 13.7. The molecule has 0 bridgehead atoms. The van der Waals surface area contributed by atoms with E-state index in [1.165, 1.54) is 12.1 Å². The molecule has 6 nitrogen and oxygen atoms in total. The zero-order valence-corrected chi connectivity index (χ0v) is 11.3. The van der Waals surface area contributed by atoms with E-state index in [1.807, 2.05) is 43.3 Å². The number of pyridine rings is 1. The molecule has 0 aliphatic rings. The number of carbonyl (C=O) groups is 1. The van der Waals surface area contributed by atoms with Crippen molar-refractivity contribution in [2.45, 2.75) is 0 Å². The molecule has 4 N–H and O–H groups in total. The molecule has 0 fully saturated rings. The van der Waals surface area contributed by atoms with Gasteiger partial charge >= 0.3 is 5.97 Å². The van der Waals surface area contributed by atoms with Crippen LogP contribution < -0.4 is 16.0 Å². The van der Waals surface area contributed by atoms with Gasteiger partial charge in [-0.05, 0) is 24.3 Å². The molecule has 2 aromatic rings. The molecule has 6 heteroatoms. The molecule has 0 unspecified atom stereocenters. The van der Waals surface area contributed by atoms with Crippen molar-refractivity contribution < 1.29 is 9.90 Å². The Morgan fingerprint density at radius 1 is 1.25 bits per heavy atom. The number of anilines is 4. The van der Waals surface area contributed by atoms with Crippen molar-refractivity contribution in [2.24, 2.45) is 0 Å². The normalized spacial score (nSPS) is 10.1. The van der Waals surface area contributed by atoms with Gasteiger partial charge in [0.25, 0.3) is 0 Å². The molecule has 2 rings (SSSR count). The fourth-order valence-electron chi connectivity index (χ4n) is 1.79. The van der Waals surface area contributed by atoms with Crippen LogP contribution >= 0.6 is 0 Å². The Labute approximate surface area is 116 Å². The van der Waals surface area contributed by atoms with Crippen molar-refractivity contribution in [3.05, 3.63) is 42.1 Å². The van der Waals surface area contributed by atoms with Crippen LogP contribution in [-0.4, -0.2) is 30.2 Å². The molecule has 0 aliphatic heterocycles. The summed E-state index contributed by atoms with van der Waals surface area (Å²) in [6.45, 7) is 0. The highest BCUT2D eigenvalue weighted by molar-refractivity contribution is 5.87. The second-order valence-electron chi connectivity index (χ2n) is 4.48. The lowest BCUT2D eigenvalue weighted by Gasteiger charge is -2.18. The van der Waals surface area contributed by atoms with E-state index in [2.05, 4.69) is 10.3 Å². The second-order valence-corrected chi connectivity index (χ2v) is 4.48. The lowest BCUT2D eigenvalue weighted by atomic mass is 10.2. The van der Waals surface area contributed by atoms with Crippen LogP contribution in [0.5, 0.6) is 0 Å². The molecular formula is C14H16N4O2. The summed E-state index contributed by atoms with van der Waals surface area (Å²) in [5.74, 6) is -0.756. The van der Waals surface area contributed by atoms with E-state index in [4.69, 9.17) is 10.8 Å². The highest BCUT2D eigenvalue weighted by atomic mass is 16.4. The molecule has 104 valence electrons. The van der Waals surface area contributed by atoms with Crippen molar-refractivity contribution in [1.29, 1.82) is 0 Å². The number of para-hydroxylation sites is 2. The van der Waals surface area contributed by atoms with Gasteiger partial charge < -0.3 is 21.1 Å². The van der Waals surface area contributed by atoms with Gasteiger partial charge in [0, 0.05) is 14.1 Å². The molecule has 0 amide bonds. The van der Waals surface area contributed by atoms with Crippen molar-refractivity contribution in [3.8, 4) is 0 Å². The topological polar surface area (TPSA) is 91.5 Å². The smallest absolute Gasteiger partial charge is 0.354 e. The van der Waals surface area contributed by atoms with E-state index >= 15 is 0 Å². The summed E-state index contributed by atoms with van der Waals surface area (Å²) in [7, 11) is 3.84. The number of benzene rings is 1. The number of carboxylic acids is 1. The number of hydrogen-bond donors (Lipinski definition) is 3. The number of aromatic carboxylic acids is 1. The Hall–Kier alpha value is -2.76. The SMILES string of the molecule is CN(C)c1ccccc1Nc1nc(C(=O)O)ccc1N. The fraction of sp³-hybridized carbons (Fsp3) is 0.143. The molecule has 0 spiro atoms. The number of carboxylic acid groups (broad SMARTS) is 1. The van der Waals surface area contributed by atoms with Crippen LogP contribution in [-0.2, 0) is 0 Å². The minimum absolute atomic E-state index is 0.0518. The monoisotopic (exact) mass is 272 g/mol. The van der Waals surface area contributed by atoms with Crippen LogP contribution in [0.3, 0.4) is 0 Å². The van der Waals surface area contributed by atoms with Gasteiger partial charge in [-0.25, -0.2) is 9.78 Å².